The van der Waals surface area contributed by atoms with Gasteiger partial charge in [0.25, 0.3) is 5.91 Å². The van der Waals surface area contributed by atoms with Gasteiger partial charge in [-0.2, -0.15) is 0 Å². The zero-order valence-corrected chi connectivity index (χ0v) is 14.7. The van der Waals surface area contributed by atoms with Crippen molar-refractivity contribution in [3.05, 3.63) is 52.6 Å². The van der Waals surface area contributed by atoms with Crippen molar-refractivity contribution in [3.63, 3.8) is 0 Å². The molecular formula is C20H22N2O3. The molecule has 0 spiro atoms. The highest BCUT2D eigenvalue weighted by atomic mass is 16.5. The third-order valence-corrected chi connectivity index (χ3v) is 4.26. The van der Waals surface area contributed by atoms with Crippen LogP contribution in [0.15, 0.2) is 30.3 Å². The molecule has 0 saturated heterocycles. The van der Waals surface area contributed by atoms with Crippen molar-refractivity contribution in [2.75, 3.05) is 17.2 Å². The summed E-state index contributed by atoms with van der Waals surface area (Å²) in [6, 6.07) is 9.74. The van der Waals surface area contributed by atoms with E-state index in [0.29, 0.717) is 24.3 Å². The minimum atomic E-state index is -0.160. The summed E-state index contributed by atoms with van der Waals surface area (Å²) >= 11 is 0. The Morgan fingerprint density at radius 3 is 2.60 bits per heavy atom. The van der Waals surface area contributed by atoms with Crippen molar-refractivity contribution in [2.45, 2.75) is 33.6 Å². The van der Waals surface area contributed by atoms with Crippen LogP contribution in [0.3, 0.4) is 0 Å². The standard InChI is InChI=1S/C20H22N2O3/c1-12-8-13(2)20(14(3)9-12)22-18(23)7-5-15-4-6-17-16(10-15)21-19(24)11-25-17/h4,6,8-10H,5,7,11H2,1-3H3,(H,21,24)(H,22,23). The number of ether oxygens (including phenoxy) is 1. The second kappa shape index (κ2) is 6.97. The fourth-order valence-corrected chi connectivity index (χ4v) is 3.12. The quantitative estimate of drug-likeness (QED) is 0.896. The number of hydrogen-bond donors (Lipinski definition) is 2. The number of carbonyl (C=O) groups is 2. The van der Waals surface area contributed by atoms with Crippen LogP contribution in [0.2, 0.25) is 0 Å². The van der Waals surface area contributed by atoms with Crippen LogP contribution in [0.4, 0.5) is 11.4 Å². The maximum absolute atomic E-state index is 12.3. The lowest BCUT2D eigenvalue weighted by Crippen LogP contribution is -2.25. The van der Waals surface area contributed by atoms with E-state index in [4.69, 9.17) is 4.74 Å². The third kappa shape index (κ3) is 3.99. The number of fused-ring (bicyclic) bond motifs is 1. The number of amides is 2. The predicted octanol–water partition coefficient (Wildman–Crippen LogP) is 3.51. The van der Waals surface area contributed by atoms with E-state index in [2.05, 4.69) is 22.8 Å². The number of aryl methyl sites for hydroxylation is 4. The first-order chi connectivity index (χ1) is 11.9. The first-order valence-corrected chi connectivity index (χ1v) is 8.35. The molecule has 25 heavy (non-hydrogen) atoms. The zero-order valence-electron chi connectivity index (χ0n) is 14.7. The van der Waals surface area contributed by atoms with Gasteiger partial charge in [0.1, 0.15) is 5.75 Å². The van der Waals surface area contributed by atoms with Gasteiger partial charge in [0.05, 0.1) is 5.69 Å². The predicted molar refractivity (Wildman–Crippen MR) is 98.2 cm³/mol. The van der Waals surface area contributed by atoms with Gasteiger partial charge in [-0.15, -0.1) is 0 Å². The molecule has 0 fully saturated rings. The molecule has 2 aromatic rings. The number of rotatable bonds is 4. The fourth-order valence-electron chi connectivity index (χ4n) is 3.12. The summed E-state index contributed by atoms with van der Waals surface area (Å²) in [6.07, 6.45) is 0.972. The zero-order chi connectivity index (χ0) is 18.0. The molecule has 2 amide bonds. The Hall–Kier alpha value is -2.82. The van der Waals surface area contributed by atoms with E-state index in [0.717, 1.165) is 22.4 Å². The van der Waals surface area contributed by atoms with Crippen LogP contribution in [0, 0.1) is 20.8 Å². The number of nitrogens with one attached hydrogen (secondary N) is 2. The van der Waals surface area contributed by atoms with Crippen molar-refractivity contribution in [3.8, 4) is 5.75 Å². The second-order valence-electron chi connectivity index (χ2n) is 6.49. The van der Waals surface area contributed by atoms with Crippen LogP contribution in [0.1, 0.15) is 28.7 Å². The first kappa shape index (κ1) is 17.0. The SMILES string of the molecule is Cc1cc(C)c(NC(=O)CCc2ccc3c(c2)NC(=O)CO3)c(C)c1. The van der Waals surface area contributed by atoms with E-state index >= 15 is 0 Å². The van der Waals surface area contributed by atoms with Gasteiger partial charge in [0, 0.05) is 12.1 Å². The number of anilines is 2. The van der Waals surface area contributed by atoms with Gasteiger partial charge in [-0.3, -0.25) is 9.59 Å². The summed E-state index contributed by atoms with van der Waals surface area (Å²) in [5.74, 6) is 0.486. The molecule has 130 valence electrons. The smallest absolute Gasteiger partial charge is 0.262 e. The second-order valence-corrected chi connectivity index (χ2v) is 6.49. The molecule has 0 atom stereocenters. The summed E-state index contributed by atoms with van der Waals surface area (Å²) in [7, 11) is 0. The average Bonchev–Trinajstić information content (AvgIpc) is 2.55. The van der Waals surface area contributed by atoms with E-state index in [1.807, 2.05) is 39.0 Å². The Kier molecular flexibility index (Phi) is 4.74. The van der Waals surface area contributed by atoms with Gasteiger partial charge in [0.2, 0.25) is 5.91 Å². The van der Waals surface area contributed by atoms with Crippen molar-refractivity contribution < 1.29 is 14.3 Å². The molecule has 1 aliphatic rings. The molecule has 3 rings (SSSR count). The van der Waals surface area contributed by atoms with Crippen LogP contribution in [0.25, 0.3) is 0 Å². The largest absolute Gasteiger partial charge is 0.482 e. The minimum Gasteiger partial charge on any atom is -0.482 e. The molecule has 0 bridgehead atoms. The Morgan fingerprint density at radius 2 is 1.88 bits per heavy atom. The normalized spacial score (nSPS) is 12.8. The lowest BCUT2D eigenvalue weighted by molar-refractivity contribution is -0.118. The number of carbonyl (C=O) groups excluding carboxylic acids is 2. The first-order valence-electron chi connectivity index (χ1n) is 8.35. The van der Waals surface area contributed by atoms with Gasteiger partial charge in [-0.05, 0) is 56.0 Å². The molecule has 5 heteroatoms. The van der Waals surface area contributed by atoms with Gasteiger partial charge in [0.15, 0.2) is 6.61 Å². The Bertz CT molecular complexity index is 820. The molecule has 1 aliphatic heterocycles. The molecule has 0 aliphatic carbocycles. The summed E-state index contributed by atoms with van der Waals surface area (Å²) in [5, 5.41) is 5.80. The summed E-state index contributed by atoms with van der Waals surface area (Å²) in [4.78, 5) is 23.7. The van der Waals surface area contributed by atoms with Crippen LogP contribution in [-0.2, 0) is 16.0 Å². The highest BCUT2D eigenvalue weighted by Crippen LogP contribution is 2.29. The molecule has 0 unspecified atom stereocenters. The molecule has 0 radical (unpaired) electrons. The third-order valence-electron chi connectivity index (χ3n) is 4.26. The lowest BCUT2D eigenvalue weighted by atomic mass is 10.0. The van der Waals surface area contributed by atoms with E-state index < -0.39 is 0 Å². The van der Waals surface area contributed by atoms with E-state index in [1.165, 1.54) is 5.56 Å². The van der Waals surface area contributed by atoms with E-state index in [9.17, 15) is 9.59 Å². The van der Waals surface area contributed by atoms with Gasteiger partial charge in [-0.25, -0.2) is 0 Å². The summed E-state index contributed by atoms with van der Waals surface area (Å²) in [6.45, 7) is 6.09. The van der Waals surface area contributed by atoms with Crippen LogP contribution >= 0.6 is 0 Å². The topological polar surface area (TPSA) is 67.4 Å². The van der Waals surface area contributed by atoms with Crippen LogP contribution in [0.5, 0.6) is 5.75 Å². The van der Waals surface area contributed by atoms with Crippen molar-refractivity contribution in [2.24, 2.45) is 0 Å². The number of benzene rings is 2. The molecular weight excluding hydrogens is 316 g/mol. The molecule has 1 heterocycles. The van der Waals surface area contributed by atoms with Gasteiger partial charge < -0.3 is 15.4 Å². The van der Waals surface area contributed by atoms with Gasteiger partial charge in [-0.1, -0.05) is 23.8 Å². The van der Waals surface area contributed by atoms with Crippen LogP contribution < -0.4 is 15.4 Å². The highest BCUT2D eigenvalue weighted by molar-refractivity contribution is 5.95. The molecule has 0 saturated carbocycles. The fraction of sp³-hybridized carbons (Fsp3) is 0.300. The average molecular weight is 338 g/mol. The van der Waals surface area contributed by atoms with Crippen LogP contribution in [-0.4, -0.2) is 18.4 Å². The maximum Gasteiger partial charge on any atom is 0.262 e. The Labute approximate surface area is 147 Å². The Morgan fingerprint density at radius 1 is 1.16 bits per heavy atom. The number of hydrogen-bond acceptors (Lipinski definition) is 3. The highest BCUT2D eigenvalue weighted by Gasteiger charge is 2.16. The molecule has 5 nitrogen and oxygen atoms in total. The summed E-state index contributed by atoms with van der Waals surface area (Å²) < 4.78 is 5.34. The van der Waals surface area contributed by atoms with Gasteiger partial charge >= 0.3 is 0 Å². The lowest BCUT2D eigenvalue weighted by Gasteiger charge is -2.18. The van der Waals surface area contributed by atoms with Crippen molar-refractivity contribution in [1.29, 1.82) is 0 Å². The maximum atomic E-state index is 12.3. The van der Waals surface area contributed by atoms with Crippen molar-refractivity contribution in [1.82, 2.24) is 0 Å². The van der Waals surface area contributed by atoms with Crippen molar-refractivity contribution >= 4 is 23.2 Å². The molecule has 0 aromatic heterocycles. The molecule has 2 N–H and O–H groups in total. The van der Waals surface area contributed by atoms with E-state index in [1.54, 1.807) is 0 Å². The Balaban J connectivity index is 1.63. The van der Waals surface area contributed by atoms with E-state index in [-0.39, 0.29) is 18.4 Å². The monoisotopic (exact) mass is 338 g/mol. The summed E-state index contributed by atoms with van der Waals surface area (Å²) in [5.41, 5.74) is 5.86. The minimum absolute atomic E-state index is 0.0203. The molecule has 2 aromatic carbocycles.